The number of carbonyl (C=O) groups excluding carboxylic acids is 2. The fraction of sp³-hybridized carbons (Fsp3) is 0.167. The van der Waals surface area contributed by atoms with Crippen LogP contribution >= 0.6 is 0 Å². The van der Waals surface area contributed by atoms with Crippen LogP contribution in [0.15, 0.2) is 84.9 Å². The lowest BCUT2D eigenvalue weighted by molar-refractivity contribution is -0.142. The van der Waals surface area contributed by atoms with Gasteiger partial charge in [-0.05, 0) is 42.3 Å². The smallest absolute Gasteiger partial charge is 0.326 e. The number of phenols is 1. The number of hydrogen-bond acceptors (Lipinski definition) is 4. The van der Waals surface area contributed by atoms with E-state index in [1.807, 2.05) is 48.5 Å². The summed E-state index contributed by atoms with van der Waals surface area (Å²) in [4.78, 5) is 27.4. The predicted octanol–water partition coefficient (Wildman–Crippen LogP) is 4.12. The first-order valence-electron chi connectivity index (χ1n) is 9.46. The fourth-order valence-electron chi connectivity index (χ4n) is 3.22. The van der Waals surface area contributed by atoms with E-state index in [1.54, 1.807) is 43.3 Å². The first kappa shape index (κ1) is 20.1. The third kappa shape index (κ3) is 5.02. The first-order chi connectivity index (χ1) is 14.1. The summed E-state index contributed by atoms with van der Waals surface area (Å²) in [5, 5.41) is 9.96. The lowest BCUT2D eigenvalue weighted by atomic mass is 9.89. The number of esters is 1. The van der Waals surface area contributed by atoms with Crippen molar-refractivity contribution in [2.75, 3.05) is 18.1 Å². The standard InChI is InChI=1S/C24H23NO4/c1-2-29-22(27)17-25(20-13-7-4-8-14-20)24(28)23(18-10-5-3-6-11-18)19-12-9-15-21(26)16-19/h3-16,23,26H,2,17H2,1H3. The quantitative estimate of drug-likeness (QED) is 0.617. The van der Waals surface area contributed by atoms with E-state index in [2.05, 4.69) is 0 Å². The van der Waals surface area contributed by atoms with Crippen molar-refractivity contribution in [2.24, 2.45) is 0 Å². The van der Waals surface area contributed by atoms with E-state index in [1.165, 1.54) is 4.90 Å². The molecule has 29 heavy (non-hydrogen) atoms. The maximum atomic E-state index is 13.7. The van der Waals surface area contributed by atoms with Gasteiger partial charge in [-0.25, -0.2) is 0 Å². The Morgan fingerprint density at radius 2 is 1.52 bits per heavy atom. The Hall–Kier alpha value is -3.60. The van der Waals surface area contributed by atoms with Gasteiger partial charge in [-0.3, -0.25) is 9.59 Å². The molecule has 1 N–H and O–H groups in total. The lowest BCUT2D eigenvalue weighted by Gasteiger charge is -2.27. The molecule has 0 aromatic heterocycles. The Balaban J connectivity index is 2.06. The van der Waals surface area contributed by atoms with E-state index in [-0.39, 0.29) is 24.8 Å². The zero-order chi connectivity index (χ0) is 20.6. The van der Waals surface area contributed by atoms with Gasteiger partial charge in [-0.15, -0.1) is 0 Å². The van der Waals surface area contributed by atoms with E-state index in [4.69, 9.17) is 4.74 Å². The lowest BCUT2D eigenvalue weighted by Crippen LogP contribution is -2.40. The predicted molar refractivity (Wildman–Crippen MR) is 112 cm³/mol. The highest BCUT2D eigenvalue weighted by atomic mass is 16.5. The molecule has 0 saturated carbocycles. The molecule has 0 aliphatic carbocycles. The number of rotatable bonds is 7. The maximum absolute atomic E-state index is 13.7. The van der Waals surface area contributed by atoms with Gasteiger partial charge < -0.3 is 14.7 Å². The molecule has 148 valence electrons. The van der Waals surface area contributed by atoms with Crippen LogP contribution in [0, 0.1) is 0 Å². The van der Waals surface area contributed by atoms with Crippen LogP contribution in [0.2, 0.25) is 0 Å². The van der Waals surface area contributed by atoms with Crippen LogP contribution in [0.1, 0.15) is 24.0 Å². The van der Waals surface area contributed by atoms with Gasteiger partial charge in [0.15, 0.2) is 0 Å². The van der Waals surface area contributed by atoms with E-state index in [9.17, 15) is 14.7 Å². The molecule has 5 heteroatoms. The van der Waals surface area contributed by atoms with Crippen molar-refractivity contribution in [3.05, 3.63) is 96.1 Å². The molecule has 3 rings (SSSR count). The van der Waals surface area contributed by atoms with Crippen LogP contribution < -0.4 is 4.90 Å². The van der Waals surface area contributed by atoms with Crippen molar-refractivity contribution in [3.63, 3.8) is 0 Å². The SMILES string of the molecule is CCOC(=O)CN(C(=O)C(c1ccccc1)c1cccc(O)c1)c1ccccc1. The molecule has 1 atom stereocenters. The molecular weight excluding hydrogens is 366 g/mol. The zero-order valence-electron chi connectivity index (χ0n) is 16.2. The summed E-state index contributed by atoms with van der Waals surface area (Å²) >= 11 is 0. The number of aromatic hydroxyl groups is 1. The summed E-state index contributed by atoms with van der Waals surface area (Å²) in [5.74, 6) is -1.36. The number of nitrogens with zero attached hydrogens (tertiary/aromatic N) is 1. The number of carbonyl (C=O) groups is 2. The van der Waals surface area contributed by atoms with Gasteiger partial charge >= 0.3 is 5.97 Å². The number of anilines is 1. The molecule has 0 radical (unpaired) electrons. The number of benzene rings is 3. The summed E-state index contributed by atoms with van der Waals surface area (Å²) < 4.78 is 5.08. The fourth-order valence-corrected chi connectivity index (χ4v) is 3.22. The van der Waals surface area contributed by atoms with Crippen molar-refractivity contribution in [1.82, 2.24) is 0 Å². The van der Waals surface area contributed by atoms with Crippen molar-refractivity contribution in [3.8, 4) is 5.75 Å². The molecular formula is C24H23NO4. The molecule has 0 aliphatic heterocycles. The highest BCUT2D eigenvalue weighted by Gasteiger charge is 2.30. The number of para-hydroxylation sites is 1. The topological polar surface area (TPSA) is 66.8 Å². The molecule has 0 aliphatic rings. The summed E-state index contributed by atoms with van der Waals surface area (Å²) in [6.45, 7) is 1.77. The normalized spacial score (nSPS) is 11.5. The van der Waals surface area contributed by atoms with Crippen molar-refractivity contribution in [1.29, 1.82) is 0 Å². The molecule has 0 saturated heterocycles. The van der Waals surface area contributed by atoms with Gasteiger partial charge in [0.25, 0.3) is 0 Å². The van der Waals surface area contributed by atoms with Gasteiger partial charge in [0.2, 0.25) is 5.91 Å². The van der Waals surface area contributed by atoms with E-state index in [0.717, 1.165) is 5.56 Å². The molecule has 3 aromatic carbocycles. The number of amides is 1. The first-order valence-corrected chi connectivity index (χ1v) is 9.46. The van der Waals surface area contributed by atoms with Gasteiger partial charge in [0, 0.05) is 5.69 Å². The Morgan fingerprint density at radius 3 is 2.14 bits per heavy atom. The van der Waals surface area contributed by atoms with Crippen LogP contribution in [0.5, 0.6) is 5.75 Å². The average Bonchev–Trinajstić information content (AvgIpc) is 2.74. The zero-order valence-corrected chi connectivity index (χ0v) is 16.2. The molecule has 0 fully saturated rings. The minimum absolute atomic E-state index is 0.0767. The molecule has 3 aromatic rings. The van der Waals surface area contributed by atoms with Crippen LogP contribution in [-0.2, 0) is 14.3 Å². The second-order valence-corrected chi connectivity index (χ2v) is 6.50. The monoisotopic (exact) mass is 389 g/mol. The highest BCUT2D eigenvalue weighted by Crippen LogP contribution is 2.30. The van der Waals surface area contributed by atoms with Crippen LogP contribution in [0.3, 0.4) is 0 Å². The second kappa shape index (κ2) is 9.55. The van der Waals surface area contributed by atoms with E-state index < -0.39 is 11.9 Å². The highest BCUT2D eigenvalue weighted by molar-refractivity contribution is 6.03. The Morgan fingerprint density at radius 1 is 0.897 bits per heavy atom. The van der Waals surface area contributed by atoms with Gasteiger partial charge in [0.1, 0.15) is 12.3 Å². The maximum Gasteiger partial charge on any atom is 0.326 e. The van der Waals surface area contributed by atoms with Crippen LogP contribution in [-0.4, -0.2) is 30.1 Å². The Labute approximate surface area is 170 Å². The number of phenolic OH excluding ortho intramolecular Hbond substituents is 1. The molecule has 0 heterocycles. The van der Waals surface area contributed by atoms with Gasteiger partial charge in [-0.1, -0.05) is 60.7 Å². The van der Waals surface area contributed by atoms with E-state index in [0.29, 0.717) is 11.3 Å². The Kier molecular flexibility index (Phi) is 6.63. The van der Waals surface area contributed by atoms with Crippen molar-refractivity contribution in [2.45, 2.75) is 12.8 Å². The number of ether oxygens (including phenoxy) is 1. The summed E-state index contributed by atoms with van der Waals surface area (Å²) in [6.07, 6.45) is 0. The molecule has 1 amide bonds. The van der Waals surface area contributed by atoms with Crippen molar-refractivity contribution < 1.29 is 19.4 Å². The minimum atomic E-state index is -0.682. The number of hydrogen-bond donors (Lipinski definition) is 1. The minimum Gasteiger partial charge on any atom is -0.508 e. The van der Waals surface area contributed by atoms with Crippen LogP contribution in [0.25, 0.3) is 0 Å². The van der Waals surface area contributed by atoms with Crippen LogP contribution in [0.4, 0.5) is 5.69 Å². The molecule has 0 bridgehead atoms. The van der Waals surface area contributed by atoms with Gasteiger partial charge in [0.05, 0.1) is 12.5 Å². The average molecular weight is 389 g/mol. The van der Waals surface area contributed by atoms with Gasteiger partial charge in [-0.2, -0.15) is 0 Å². The summed E-state index contributed by atoms with van der Waals surface area (Å²) in [5.41, 5.74) is 2.02. The summed E-state index contributed by atoms with van der Waals surface area (Å²) in [7, 11) is 0. The molecule has 1 unspecified atom stereocenters. The molecule has 5 nitrogen and oxygen atoms in total. The van der Waals surface area contributed by atoms with E-state index >= 15 is 0 Å². The second-order valence-electron chi connectivity index (χ2n) is 6.50. The largest absolute Gasteiger partial charge is 0.508 e. The summed E-state index contributed by atoms with van der Waals surface area (Å²) in [6, 6.07) is 25.0. The Bertz CT molecular complexity index is 957. The van der Waals surface area contributed by atoms with Crippen molar-refractivity contribution >= 4 is 17.6 Å². The molecule has 0 spiro atoms. The third-order valence-electron chi connectivity index (χ3n) is 4.51. The third-order valence-corrected chi connectivity index (χ3v) is 4.51.